The van der Waals surface area contributed by atoms with Gasteiger partial charge in [-0.3, -0.25) is 4.79 Å². The first-order valence-corrected chi connectivity index (χ1v) is 9.16. The molecule has 1 aromatic carbocycles. The monoisotopic (exact) mass is 380 g/mol. The molecule has 1 amide bonds. The largest absolute Gasteiger partial charge is 0.369 e. The molecule has 0 radical (unpaired) electrons. The smallest absolute Gasteiger partial charge is 0.259 e. The minimum absolute atomic E-state index is 0.211. The number of aryl methyl sites for hydroxylation is 1. The molecular formula is C15H13ClN4O2S2. The Morgan fingerprint density at radius 3 is 2.92 bits per heavy atom. The van der Waals surface area contributed by atoms with Crippen LogP contribution in [0.5, 0.6) is 0 Å². The zero-order valence-electron chi connectivity index (χ0n) is 12.7. The third kappa shape index (κ3) is 3.95. The molecule has 0 atom stereocenters. The lowest BCUT2D eigenvalue weighted by Crippen LogP contribution is -2.13. The van der Waals surface area contributed by atoms with Crippen LogP contribution >= 0.6 is 34.7 Å². The number of carbonyl (C=O) groups is 1. The molecule has 0 fully saturated rings. The van der Waals surface area contributed by atoms with Crippen LogP contribution < -0.4 is 5.73 Å². The standard InChI is InChI=1S/C15H13ClN4O2S2/c1-8-11(6-12(17)21)24-15(18-8)23-7-13-19-14(22-20-13)9-4-2-3-5-10(9)16/h2-5H,6-7H2,1H3,(H2,17,21). The molecule has 9 heteroatoms. The molecule has 24 heavy (non-hydrogen) atoms. The van der Waals surface area contributed by atoms with Crippen molar-refractivity contribution in [3.63, 3.8) is 0 Å². The number of thiazole rings is 1. The fourth-order valence-electron chi connectivity index (χ4n) is 1.97. The summed E-state index contributed by atoms with van der Waals surface area (Å²) in [5.41, 5.74) is 6.76. The number of thioether (sulfide) groups is 1. The minimum atomic E-state index is -0.360. The summed E-state index contributed by atoms with van der Waals surface area (Å²) in [5.74, 6) is 1.10. The predicted molar refractivity (Wildman–Crippen MR) is 94.1 cm³/mol. The number of benzene rings is 1. The van der Waals surface area contributed by atoms with Crippen LogP contribution in [-0.4, -0.2) is 21.0 Å². The summed E-state index contributed by atoms with van der Waals surface area (Å²) in [6.45, 7) is 1.86. The second kappa shape index (κ2) is 7.33. The van der Waals surface area contributed by atoms with Gasteiger partial charge in [0, 0.05) is 4.88 Å². The molecule has 3 aromatic rings. The fourth-order valence-corrected chi connectivity index (χ4v) is 4.27. The first-order valence-electron chi connectivity index (χ1n) is 6.98. The van der Waals surface area contributed by atoms with Crippen LogP contribution in [-0.2, 0) is 17.0 Å². The molecular weight excluding hydrogens is 368 g/mol. The van der Waals surface area contributed by atoms with Gasteiger partial charge in [-0.2, -0.15) is 4.98 Å². The molecule has 2 aromatic heterocycles. The third-order valence-corrected chi connectivity index (χ3v) is 5.73. The maximum Gasteiger partial charge on any atom is 0.259 e. The van der Waals surface area contributed by atoms with E-state index < -0.39 is 0 Å². The topological polar surface area (TPSA) is 94.9 Å². The number of primary amides is 1. The van der Waals surface area contributed by atoms with Crippen LogP contribution in [0.1, 0.15) is 16.4 Å². The van der Waals surface area contributed by atoms with Crippen molar-refractivity contribution in [1.82, 2.24) is 15.1 Å². The van der Waals surface area contributed by atoms with Gasteiger partial charge in [0.25, 0.3) is 5.89 Å². The number of halogens is 1. The first-order chi connectivity index (χ1) is 11.5. The number of nitrogens with two attached hydrogens (primary N) is 1. The highest BCUT2D eigenvalue weighted by Gasteiger charge is 2.14. The lowest BCUT2D eigenvalue weighted by atomic mass is 10.2. The highest BCUT2D eigenvalue weighted by Crippen LogP contribution is 2.31. The van der Waals surface area contributed by atoms with Gasteiger partial charge in [-0.1, -0.05) is 40.7 Å². The minimum Gasteiger partial charge on any atom is -0.369 e. The Bertz CT molecular complexity index is 878. The Balaban J connectivity index is 1.68. The van der Waals surface area contributed by atoms with Gasteiger partial charge in [-0.05, 0) is 19.1 Å². The van der Waals surface area contributed by atoms with Crippen LogP contribution in [0, 0.1) is 6.92 Å². The van der Waals surface area contributed by atoms with Crippen LogP contribution in [0.2, 0.25) is 5.02 Å². The van der Waals surface area contributed by atoms with Crippen molar-refractivity contribution in [1.29, 1.82) is 0 Å². The fraction of sp³-hybridized carbons (Fsp3) is 0.200. The van der Waals surface area contributed by atoms with Gasteiger partial charge < -0.3 is 10.3 Å². The van der Waals surface area contributed by atoms with Gasteiger partial charge in [0.1, 0.15) is 0 Å². The molecule has 0 aliphatic rings. The van der Waals surface area contributed by atoms with E-state index in [0.717, 1.165) is 14.9 Å². The van der Waals surface area contributed by atoms with Crippen molar-refractivity contribution in [2.24, 2.45) is 5.73 Å². The highest BCUT2D eigenvalue weighted by atomic mass is 35.5. The van der Waals surface area contributed by atoms with Crippen molar-refractivity contribution >= 4 is 40.6 Å². The predicted octanol–water partition coefficient (Wildman–Crippen LogP) is 3.48. The van der Waals surface area contributed by atoms with Crippen LogP contribution in [0.15, 0.2) is 33.1 Å². The first kappa shape index (κ1) is 16.9. The summed E-state index contributed by atoms with van der Waals surface area (Å²) >= 11 is 9.07. The van der Waals surface area contributed by atoms with Gasteiger partial charge in [-0.25, -0.2) is 4.98 Å². The molecule has 0 unspecified atom stereocenters. The van der Waals surface area contributed by atoms with E-state index in [1.54, 1.807) is 6.07 Å². The number of nitrogens with zero attached hydrogens (tertiary/aromatic N) is 3. The van der Waals surface area contributed by atoms with Crippen molar-refractivity contribution in [3.05, 3.63) is 45.7 Å². The average Bonchev–Trinajstić information content (AvgIpc) is 3.13. The summed E-state index contributed by atoms with van der Waals surface area (Å²) in [5, 5.41) is 4.53. The third-order valence-electron chi connectivity index (χ3n) is 3.10. The molecule has 0 bridgehead atoms. The lowest BCUT2D eigenvalue weighted by Gasteiger charge is -1.95. The van der Waals surface area contributed by atoms with Crippen LogP contribution in [0.25, 0.3) is 11.5 Å². The van der Waals surface area contributed by atoms with Crippen LogP contribution in [0.4, 0.5) is 0 Å². The summed E-state index contributed by atoms with van der Waals surface area (Å²) in [4.78, 5) is 20.7. The second-order valence-electron chi connectivity index (χ2n) is 4.92. The van der Waals surface area contributed by atoms with E-state index in [-0.39, 0.29) is 12.3 Å². The summed E-state index contributed by atoms with van der Waals surface area (Å²) in [6.07, 6.45) is 0.211. The number of amides is 1. The Kier molecular flexibility index (Phi) is 5.17. The van der Waals surface area contributed by atoms with Crippen molar-refractivity contribution in [2.75, 3.05) is 0 Å². The Labute approximate surface area is 151 Å². The van der Waals surface area contributed by atoms with Gasteiger partial charge in [0.2, 0.25) is 5.91 Å². The maximum atomic E-state index is 11.0. The van der Waals surface area contributed by atoms with Crippen molar-refractivity contribution in [2.45, 2.75) is 23.4 Å². The molecule has 0 spiro atoms. The maximum absolute atomic E-state index is 11.0. The molecule has 124 valence electrons. The van der Waals surface area contributed by atoms with E-state index >= 15 is 0 Å². The summed E-state index contributed by atoms with van der Waals surface area (Å²) < 4.78 is 6.11. The molecule has 0 aliphatic carbocycles. The zero-order valence-corrected chi connectivity index (χ0v) is 15.0. The van der Waals surface area contributed by atoms with E-state index in [9.17, 15) is 4.79 Å². The van der Waals surface area contributed by atoms with E-state index in [1.807, 2.05) is 25.1 Å². The highest BCUT2D eigenvalue weighted by molar-refractivity contribution is 8.00. The Morgan fingerprint density at radius 2 is 2.17 bits per heavy atom. The number of hydrogen-bond acceptors (Lipinski definition) is 7. The molecule has 0 saturated heterocycles. The molecule has 2 heterocycles. The van der Waals surface area contributed by atoms with E-state index in [2.05, 4.69) is 15.1 Å². The van der Waals surface area contributed by atoms with Gasteiger partial charge >= 0.3 is 0 Å². The number of carbonyl (C=O) groups excluding carboxylic acids is 1. The normalized spacial score (nSPS) is 10.9. The van der Waals surface area contributed by atoms with Crippen LogP contribution in [0.3, 0.4) is 0 Å². The SMILES string of the molecule is Cc1nc(SCc2noc(-c3ccccc3Cl)n2)sc1CC(N)=O. The van der Waals surface area contributed by atoms with Gasteiger partial charge in [0.15, 0.2) is 10.2 Å². The Morgan fingerprint density at radius 1 is 1.38 bits per heavy atom. The average molecular weight is 381 g/mol. The molecule has 3 rings (SSSR count). The van der Waals surface area contributed by atoms with E-state index in [0.29, 0.717) is 28.1 Å². The number of aromatic nitrogens is 3. The van der Waals surface area contributed by atoms with E-state index in [4.69, 9.17) is 21.9 Å². The molecule has 6 nitrogen and oxygen atoms in total. The number of hydrogen-bond donors (Lipinski definition) is 1. The number of rotatable bonds is 6. The summed E-state index contributed by atoms with van der Waals surface area (Å²) in [6, 6.07) is 7.30. The lowest BCUT2D eigenvalue weighted by molar-refractivity contribution is -0.117. The molecule has 0 aliphatic heterocycles. The Hall–Kier alpha value is -1.90. The van der Waals surface area contributed by atoms with E-state index in [1.165, 1.54) is 23.1 Å². The van der Waals surface area contributed by atoms with Crippen molar-refractivity contribution in [3.8, 4) is 11.5 Å². The second-order valence-corrected chi connectivity index (χ2v) is 7.63. The summed E-state index contributed by atoms with van der Waals surface area (Å²) in [7, 11) is 0. The zero-order chi connectivity index (χ0) is 17.1. The molecule has 2 N–H and O–H groups in total. The molecule has 0 saturated carbocycles. The van der Waals surface area contributed by atoms with Gasteiger partial charge in [0.05, 0.1) is 28.5 Å². The van der Waals surface area contributed by atoms with Gasteiger partial charge in [-0.15, -0.1) is 11.3 Å². The van der Waals surface area contributed by atoms with Crippen molar-refractivity contribution < 1.29 is 9.32 Å². The quantitative estimate of drug-likeness (QED) is 0.658.